The Morgan fingerprint density at radius 1 is 1.30 bits per heavy atom. The molecule has 1 heterocycles. The Hall–Kier alpha value is -2.11. The summed E-state index contributed by atoms with van der Waals surface area (Å²) in [6.45, 7) is 4.42. The lowest BCUT2D eigenvalue weighted by molar-refractivity contribution is -0.141. The third kappa shape index (κ3) is 3.30. The van der Waals surface area contributed by atoms with Crippen molar-refractivity contribution in [3.8, 4) is 5.75 Å². The quantitative estimate of drug-likeness (QED) is 0.876. The van der Waals surface area contributed by atoms with Crippen LogP contribution in [0.25, 0.3) is 0 Å². The number of methoxy groups -OCH3 is 1. The molecule has 1 aliphatic heterocycles. The highest BCUT2D eigenvalue weighted by Gasteiger charge is 2.44. The fourth-order valence-electron chi connectivity index (χ4n) is 2.89. The fraction of sp³-hybridized carbons (Fsp3) is 0.529. The lowest BCUT2D eigenvalue weighted by Gasteiger charge is -2.40. The van der Waals surface area contributed by atoms with Gasteiger partial charge in [-0.3, -0.25) is 9.69 Å². The molecule has 126 valence electrons. The van der Waals surface area contributed by atoms with Gasteiger partial charge in [-0.05, 0) is 30.9 Å². The van der Waals surface area contributed by atoms with E-state index in [-0.39, 0.29) is 18.9 Å². The normalized spacial score (nSPS) is 17.1. The van der Waals surface area contributed by atoms with Crippen LogP contribution in [0.3, 0.4) is 0 Å². The summed E-state index contributed by atoms with van der Waals surface area (Å²) in [5.74, 6) is -0.124. The number of hydrogen-bond acceptors (Lipinski definition) is 3. The number of hydrogen-bond donors (Lipinski definition) is 1. The van der Waals surface area contributed by atoms with E-state index in [9.17, 15) is 14.0 Å². The molecule has 0 radical (unpaired) electrons. The minimum Gasteiger partial charge on any atom is -0.497 e. The first-order chi connectivity index (χ1) is 11.0. The standard InChI is InChI=1S/C17H23FN2O3/c1-4-17(5-2)11-19-16(22)20(15(17)21)9-8-12-6-7-13(23-3)10-14(12)18/h6-7,10H,4-5,8-9,11H2,1-3H3,(H,19,22). The van der Waals surface area contributed by atoms with Crippen LogP contribution in [-0.2, 0) is 11.2 Å². The number of amides is 3. The average Bonchev–Trinajstić information content (AvgIpc) is 2.56. The van der Waals surface area contributed by atoms with E-state index in [0.717, 1.165) is 0 Å². The molecule has 0 atom stereocenters. The van der Waals surface area contributed by atoms with Gasteiger partial charge in [-0.25, -0.2) is 9.18 Å². The maximum atomic E-state index is 14.0. The first-order valence-corrected chi connectivity index (χ1v) is 7.89. The highest BCUT2D eigenvalue weighted by molar-refractivity contribution is 6.00. The van der Waals surface area contributed by atoms with Crippen molar-refractivity contribution in [2.45, 2.75) is 33.1 Å². The van der Waals surface area contributed by atoms with Gasteiger partial charge in [0.25, 0.3) is 0 Å². The van der Waals surface area contributed by atoms with Crippen molar-refractivity contribution in [1.29, 1.82) is 0 Å². The van der Waals surface area contributed by atoms with Gasteiger partial charge in [-0.15, -0.1) is 0 Å². The summed E-state index contributed by atoms with van der Waals surface area (Å²) < 4.78 is 19.0. The van der Waals surface area contributed by atoms with Crippen LogP contribution in [0.15, 0.2) is 18.2 Å². The van der Waals surface area contributed by atoms with E-state index in [0.29, 0.717) is 30.7 Å². The molecular formula is C17H23FN2O3. The summed E-state index contributed by atoms with van der Waals surface area (Å²) in [7, 11) is 1.47. The number of carbonyl (C=O) groups is 2. The van der Waals surface area contributed by atoms with E-state index in [1.54, 1.807) is 12.1 Å². The lowest BCUT2D eigenvalue weighted by Crippen LogP contribution is -2.60. The summed E-state index contributed by atoms with van der Waals surface area (Å²) in [6.07, 6.45) is 1.60. The predicted octanol–water partition coefficient (Wildman–Crippen LogP) is 2.74. The van der Waals surface area contributed by atoms with E-state index in [1.807, 2.05) is 13.8 Å². The molecule has 0 aromatic heterocycles. The molecule has 23 heavy (non-hydrogen) atoms. The van der Waals surface area contributed by atoms with Crippen LogP contribution in [0.2, 0.25) is 0 Å². The van der Waals surface area contributed by atoms with Crippen LogP contribution in [0.5, 0.6) is 5.75 Å². The van der Waals surface area contributed by atoms with E-state index >= 15 is 0 Å². The van der Waals surface area contributed by atoms with E-state index < -0.39 is 17.3 Å². The van der Waals surface area contributed by atoms with Gasteiger partial charge in [0.15, 0.2) is 0 Å². The zero-order valence-electron chi connectivity index (χ0n) is 13.8. The van der Waals surface area contributed by atoms with Crippen molar-refractivity contribution in [3.05, 3.63) is 29.6 Å². The third-order valence-corrected chi connectivity index (χ3v) is 4.74. The van der Waals surface area contributed by atoms with Crippen LogP contribution < -0.4 is 10.1 Å². The Balaban J connectivity index is 2.12. The van der Waals surface area contributed by atoms with Crippen molar-refractivity contribution in [1.82, 2.24) is 10.2 Å². The molecule has 1 saturated heterocycles. The van der Waals surface area contributed by atoms with Gasteiger partial charge in [0.05, 0.1) is 12.5 Å². The second-order valence-corrected chi connectivity index (χ2v) is 5.81. The smallest absolute Gasteiger partial charge is 0.324 e. The Morgan fingerprint density at radius 2 is 2.00 bits per heavy atom. The van der Waals surface area contributed by atoms with Crippen LogP contribution in [0, 0.1) is 11.2 Å². The zero-order chi connectivity index (χ0) is 17.0. The molecule has 1 aromatic rings. The number of nitrogens with one attached hydrogen (secondary N) is 1. The average molecular weight is 322 g/mol. The number of nitrogens with zero attached hydrogens (tertiary/aromatic N) is 1. The summed E-state index contributed by atoms with van der Waals surface area (Å²) >= 11 is 0. The zero-order valence-corrected chi connectivity index (χ0v) is 13.8. The maximum Gasteiger partial charge on any atom is 0.324 e. The second-order valence-electron chi connectivity index (χ2n) is 5.81. The number of ether oxygens (including phenoxy) is 1. The molecule has 6 heteroatoms. The fourth-order valence-corrected chi connectivity index (χ4v) is 2.89. The molecule has 3 amide bonds. The van der Waals surface area contributed by atoms with Gasteiger partial charge >= 0.3 is 6.03 Å². The van der Waals surface area contributed by atoms with Crippen molar-refractivity contribution >= 4 is 11.9 Å². The molecule has 1 N–H and O–H groups in total. The van der Waals surface area contributed by atoms with E-state index in [1.165, 1.54) is 18.1 Å². The summed E-state index contributed by atoms with van der Waals surface area (Å²) in [6, 6.07) is 4.18. The summed E-state index contributed by atoms with van der Waals surface area (Å²) in [5.41, 5.74) is -0.0950. The molecule has 0 saturated carbocycles. The number of rotatable bonds is 6. The number of carbonyl (C=O) groups excluding carboxylic acids is 2. The Bertz CT molecular complexity index is 600. The molecule has 5 nitrogen and oxygen atoms in total. The Morgan fingerprint density at radius 3 is 2.57 bits per heavy atom. The largest absolute Gasteiger partial charge is 0.497 e. The molecule has 0 spiro atoms. The monoisotopic (exact) mass is 322 g/mol. The van der Waals surface area contributed by atoms with Gasteiger partial charge in [-0.1, -0.05) is 19.9 Å². The Kier molecular flexibility index (Phi) is 5.23. The third-order valence-electron chi connectivity index (χ3n) is 4.74. The van der Waals surface area contributed by atoms with Gasteiger partial charge in [0.1, 0.15) is 11.6 Å². The van der Waals surface area contributed by atoms with Crippen LogP contribution >= 0.6 is 0 Å². The highest BCUT2D eigenvalue weighted by atomic mass is 19.1. The van der Waals surface area contributed by atoms with Crippen LogP contribution in [0.4, 0.5) is 9.18 Å². The first-order valence-electron chi connectivity index (χ1n) is 7.89. The molecule has 2 rings (SSSR count). The number of benzene rings is 1. The summed E-state index contributed by atoms with van der Waals surface area (Å²) in [4.78, 5) is 25.9. The van der Waals surface area contributed by atoms with E-state index in [4.69, 9.17) is 4.74 Å². The first kappa shape index (κ1) is 17.2. The van der Waals surface area contributed by atoms with Crippen molar-refractivity contribution < 1.29 is 18.7 Å². The van der Waals surface area contributed by atoms with Crippen LogP contribution in [0.1, 0.15) is 32.3 Å². The SMILES string of the molecule is CCC1(CC)CNC(=O)N(CCc2ccc(OC)cc2F)C1=O. The molecule has 0 aliphatic carbocycles. The van der Waals surface area contributed by atoms with Crippen molar-refractivity contribution in [2.24, 2.45) is 5.41 Å². The van der Waals surface area contributed by atoms with Crippen molar-refractivity contribution in [2.75, 3.05) is 20.2 Å². The molecular weight excluding hydrogens is 299 g/mol. The Labute approximate surface area is 135 Å². The number of halogens is 1. The molecule has 1 aromatic carbocycles. The summed E-state index contributed by atoms with van der Waals surface area (Å²) in [5, 5.41) is 2.78. The maximum absolute atomic E-state index is 14.0. The van der Waals surface area contributed by atoms with Crippen LogP contribution in [-0.4, -0.2) is 37.0 Å². The van der Waals surface area contributed by atoms with E-state index in [2.05, 4.69) is 5.32 Å². The predicted molar refractivity (Wildman–Crippen MR) is 84.8 cm³/mol. The van der Waals surface area contributed by atoms with Gasteiger partial charge < -0.3 is 10.1 Å². The lowest BCUT2D eigenvalue weighted by atomic mass is 9.79. The van der Waals surface area contributed by atoms with Gasteiger partial charge in [-0.2, -0.15) is 0 Å². The minimum absolute atomic E-state index is 0.162. The van der Waals surface area contributed by atoms with Gasteiger partial charge in [0, 0.05) is 19.2 Å². The van der Waals surface area contributed by atoms with Gasteiger partial charge in [0.2, 0.25) is 5.91 Å². The molecule has 0 bridgehead atoms. The number of imide groups is 1. The molecule has 1 fully saturated rings. The minimum atomic E-state index is -0.549. The molecule has 1 aliphatic rings. The number of urea groups is 1. The van der Waals surface area contributed by atoms with Crippen molar-refractivity contribution in [3.63, 3.8) is 0 Å². The molecule has 0 unspecified atom stereocenters. The highest BCUT2D eigenvalue weighted by Crippen LogP contribution is 2.31. The second kappa shape index (κ2) is 6.98. The topological polar surface area (TPSA) is 58.6 Å².